The second-order valence-electron chi connectivity index (χ2n) is 2.34. The molecule has 0 aliphatic heterocycles. The number of nitro groups is 3. The molecule has 0 saturated heterocycles. The molecule has 11 nitrogen and oxygen atoms in total. The minimum absolute atomic E-state index is 0. The summed E-state index contributed by atoms with van der Waals surface area (Å²) in [6, 6.07) is 0. The molecule has 1 N–H and O–H groups in total. The number of imidazole rings is 1. The van der Waals surface area contributed by atoms with E-state index in [0.717, 1.165) is 6.33 Å². The number of aromatic amines is 1. The summed E-state index contributed by atoms with van der Waals surface area (Å²) < 4.78 is 0. The van der Waals surface area contributed by atoms with Crippen LogP contribution in [0.1, 0.15) is 13.3 Å². The van der Waals surface area contributed by atoms with Crippen LogP contribution in [0.25, 0.3) is 0 Å². The predicted molar refractivity (Wildman–Crippen MR) is 43.1 cm³/mol. The van der Waals surface area contributed by atoms with Crippen molar-refractivity contribution in [3.63, 3.8) is 0 Å². The van der Waals surface area contributed by atoms with Gasteiger partial charge in [-0.15, -0.1) is 0 Å². The Hall–Kier alpha value is -1.59. The van der Waals surface area contributed by atoms with Gasteiger partial charge in [0.1, 0.15) is 9.85 Å². The molecule has 1 aromatic rings. The van der Waals surface area contributed by atoms with Crippen molar-refractivity contribution in [2.24, 2.45) is 0 Å². The summed E-state index contributed by atoms with van der Waals surface area (Å²) in [4.78, 5) is 32.6. The van der Waals surface area contributed by atoms with E-state index < -0.39 is 32.4 Å². The Bertz CT molecular complexity index is 422. The SMILES string of the molecule is O=[N+]([O-])c1[nH]cnc1C([N+](=O)[O-])[N+](=O)[O-].[H-].[Na+]. The van der Waals surface area contributed by atoms with Gasteiger partial charge in [0.25, 0.3) is 5.69 Å². The molecular weight excluding hydrogens is 237 g/mol. The Morgan fingerprint density at radius 2 is 1.75 bits per heavy atom. The summed E-state index contributed by atoms with van der Waals surface area (Å²) in [5.41, 5.74) is -0.824. The van der Waals surface area contributed by atoms with Crippen LogP contribution >= 0.6 is 0 Å². The maximum Gasteiger partial charge on any atom is 1.00 e. The molecule has 0 radical (unpaired) electrons. The summed E-state index contributed by atoms with van der Waals surface area (Å²) in [6.45, 7) is 0. The number of aromatic nitrogens is 2. The van der Waals surface area contributed by atoms with Gasteiger partial charge in [-0.1, -0.05) is 0 Å². The molecule has 0 atom stereocenters. The second kappa shape index (κ2) is 5.48. The van der Waals surface area contributed by atoms with Gasteiger partial charge in [-0.05, 0) is 4.92 Å². The number of nitrogens with one attached hydrogen (secondary N) is 1. The van der Waals surface area contributed by atoms with E-state index >= 15 is 0 Å². The zero-order valence-corrected chi connectivity index (χ0v) is 9.89. The number of H-pyrrole nitrogens is 1. The third kappa shape index (κ3) is 2.71. The predicted octanol–water partition coefficient (Wildman–Crippen LogP) is -3.01. The molecule has 82 valence electrons. The number of hydrogen-bond donors (Lipinski definition) is 1. The second-order valence-corrected chi connectivity index (χ2v) is 2.34. The Morgan fingerprint density at radius 1 is 1.25 bits per heavy atom. The molecule has 0 aliphatic carbocycles. The van der Waals surface area contributed by atoms with Crippen molar-refractivity contribution in [3.05, 3.63) is 42.4 Å². The fraction of sp³-hybridized carbons (Fsp3) is 0.250. The van der Waals surface area contributed by atoms with Gasteiger partial charge < -0.3 is 11.5 Å². The minimum atomic E-state index is -2.43. The third-order valence-corrected chi connectivity index (χ3v) is 1.47. The first-order chi connectivity index (χ1) is 6.95. The standard InChI is InChI=1S/C4H3N5O6.Na.H/c10-7(11)3-2(5-1-6-3)4(8(12)13)9(14)15;;/h1,4H,(H,5,6);;/q;+1;-1. The fourth-order valence-electron chi connectivity index (χ4n) is 0.910. The average Bonchev–Trinajstić information content (AvgIpc) is 2.51. The van der Waals surface area contributed by atoms with E-state index in [4.69, 9.17) is 0 Å². The molecular formula is C4H4N5NaO6. The summed E-state index contributed by atoms with van der Waals surface area (Å²) in [5, 5.41) is 30.9. The van der Waals surface area contributed by atoms with E-state index in [1.165, 1.54) is 0 Å². The summed E-state index contributed by atoms with van der Waals surface area (Å²) in [7, 11) is 0. The number of nitrogens with zero attached hydrogens (tertiary/aromatic N) is 4. The van der Waals surface area contributed by atoms with E-state index in [9.17, 15) is 30.3 Å². The molecule has 0 saturated carbocycles. The van der Waals surface area contributed by atoms with Gasteiger partial charge in [0.05, 0.1) is 0 Å². The zero-order valence-electron chi connectivity index (χ0n) is 8.89. The molecule has 16 heavy (non-hydrogen) atoms. The van der Waals surface area contributed by atoms with Crippen LogP contribution in [-0.2, 0) is 0 Å². The fourth-order valence-corrected chi connectivity index (χ4v) is 0.910. The monoisotopic (exact) mass is 241 g/mol. The van der Waals surface area contributed by atoms with Crippen molar-refractivity contribution in [2.45, 2.75) is 6.17 Å². The van der Waals surface area contributed by atoms with E-state index in [-0.39, 0.29) is 31.0 Å². The van der Waals surface area contributed by atoms with Gasteiger partial charge in [-0.25, -0.2) is 4.98 Å². The molecule has 0 unspecified atom stereocenters. The van der Waals surface area contributed by atoms with Crippen molar-refractivity contribution >= 4 is 5.82 Å². The normalized spacial score (nSPS) is 9.56. The van der Waals surface area contributed by atoms with Crippen LogP contribution in [0.3, 0.4) is 0 Å². The van der Waals surface area contributed by atoms with Crippen molar-refractivity contribution in [1.29, 1.82) is 0 Å². The first-order valence-corrected chi connectivity index (χ1v) is 3.39. The molecule has 0 spiro atoms. The molecule has 0 amide bonds. The smallest absolute Gasteiger partial charge is 1.00 e. The summed E-state index contributed by atoms with van der Waals surface area (Å²) >= 11 is 0. The molecule has 1 rings (SSSR count). The van der Waals surface area contributed by atoms with Crippen LogP contribution in [0.4, 0.5) is 5.82 Å². The number of hydrogen-bond acceptors (Lipinski definition) is 7. The Morgan fingerprint density at radius 3 is 2.12 bits per heavy atom. The van der Waals surface area contributed by atoms with Crippen LogP contribution < -0.4 is 29.6 Å². The van der Waals surface area contributed by atoms with E-state index in [2.05, 4.69) is 4.98 Å². The van der Waals surface area contributed by atoms with Gasteiger partial charge in [-0.2, -0.15) is 4.98 Å². The Balaban J connectivity index is 0. The maximum absolute atomic E-state index is 10.3. The Labute approximate surface area is 110 Å². The summed E-state index contributed by atoms with van der Waals surface area (Å²) in [6.07, 6.45) is -1.65. The van der Waals surface area contributed by atoms with Gasteiger partial charge in [-0.3, -0.25) is 20.2 Å². The van der Waals surface area contributed by atoms with Crippen LogP contribution in [-0.4, -0.2) is 24.7 Å². The quantitative estimate of drug-likeness (QED) is 0.254. The van der Waals surface area contributed by atoms with Crippen LogP contribution in [0, 0.1) is 30.3 Å². The van der Waals surface area contributed by atoms with Gasteiger partial charge in [0, 0.05) is 0 Å². The molecule has 0 fully saturated rings. The molecule has 0 aliphatic rings. The topological polar surface area (TPSA) is 158 Å². The Kier molecular flexibility index (Phi) is 4.94. The van der Waals surface area contributed by atoms with E-state index in [1.807, 2.05) is 4.98 Å². The zero-order chi connectivity index (χ0) is 11.6. The maximum atomic E-state index is 10.3. The average molecular weight is 241 g/mol. The molecule has 1 aromatic heterocycles. The van der Waals surface area contributed by atoms with Gasteiger partial charge in [0.2, 0.25) is 0 Å². The van der Waals surface area contributed by atoms with Crippen LogP contribution in [0.15, 0.2) is 6.33 Å². The van der Waals surface area contributed by atoms with Crippen LogP contribution in [0.5, 0.6) is 0 Å². The first-order valence-electron chi connectivity index (χ1n) is 3.39. The van der Waals surface area contributed by atoms with Gasteiger partial charge >= 0.3 is 41.5 Å². The molecule has 0 aromatic carbocycles. The minimum Gasteiger partial charge on any atom is -1.00 e. The van der Waals surface area contributed by atoms with Crippen molar-refractivity contribution in [3.8, 4) is 0 Å². The first kappa shape index (κ1) is 14.4. The molecule has 1 heterocycles. The molecule has 12 heteroatoms. The largest absolute Gasteiger partial charge is 1.00 e. The van der Waals surface area contributed by atoms with E-state index in [0.29, 0.717) is 0 Å². The van der Waals surface area contributed by atoms with Crippen LogP contribution in [0.2, 0.25) is 0 Å². The van der Waals surface area contributed by atoms with Crippen molar-refractivity contribution < 1.29 is 45.8 Å². The molecule has 0 bridgehead atoms. The number of rotatable bonds is 4. The summed E-state index contributed by atoms with van der Waals surface area (Å²) in [5.74, 6) is -0.853. The van der Waals surface area contributed by atoms with Gasteiger partial charge in [0.15, 0.2) is 6.33 Å². The van der Waals surface area contributed by atoms with Crippen molar-refractivity contribution in [2.75, 3.05) is 0 Å². The van der Waals surface area contributed by atoms with E-state index in [1.54, 1.807) is 0 Å². The van der Waals surface area contributed by atoms with Crippen molar-refractivity contribution in [1.82, 2.24) is 9.97 Å². The third-order valence-electron chi connectivity index (χ3n) is 1.47.